The Labute approximate surface area is 156 Å². The van der Waals surface area contributed by atoms with E-state index >= 15 is 0 Å². The van der Waals surface area contributed by atoms with E-state index in [1.54, 1.807) is 18.2 Å². The minimum atomic E-state index is -2.92. The highest BCUT2D eigenvalue weighted by Crippen LogP contribution is 2.24. The van der Waals surface area contributed by atoms with Gasteiger partial charge in [-0.15, -0.1) is 0 Å². The SMILES string of the molecule is O=C(Cn1cnc2c(oc3ccccc32)c1=O)Nc1ccc(OC(F)F)cc1. The predicted molar refractivity (Wildman–Crippen MR) is 97.5 cm³/mol. The van der Waals surface area contributed by atoms with Crippen LogP contribution in [0.4, 0.5) is 14.5 Å². The summed E-state index contributed by atoms with van der Waals surface area (Å²) in [6.45, 7) is -3.21. The highest BCUT2D eigenvalue weighted by molar-refractivity contribution is 6.01. The maximum atomic E-state index is 12.6. The third-order valence-corrected chi connectivity index (χ3v) is 4.03. The van der Waals surface area contributed by atoms with Gasteiger partial charge in [-0.2, -0.15) is 8.78 Å². The van der Waals surface area contributed by atoms with Crippen molar-refractivity contribution in [1.82, 2.24) is 9.55 Å². The number of aromatic nitrogens is 2. The maximum absolute atomic E-state index is 12.6. The van der Waals surface area contributed by atoms with E-state index in [9.17, 15) is 18.4 Å². The molecule has 28 heavy (non-hydrogen) atoms. The van der Waals surface area contributed by atoms with Crippen LogP contribution in [0.25, 0.3) is 22.1 Å². The van der Waals surface area contributed by atoms with E-state index in [0.717, 1.165) is 9.95 Å². The van der Waals surface area contributed by atoms with Gasteiger partial charge in [0.25, 0.3) is 5.56 Å². The van der Waals surface area contributed by atoms with E-state index in [2.05, 4.69) is 15.0 Å². The highest BCUT2D eigenvalue weighted by atomic mass is 19.3. The van der Waals surface area contributed by atoms with E-state index in [0.29, 0.717) is 16.8 Å². The largest absolute Gasteiger partial charge is 0.448 e. The Morgan fingerprint density at radius 1 is 1.18 bits per heavy atom. The molecule has 142 valence electrons. The van der Waals surface area contributed by atoms with Gasteiger partial charge in [0.1, 0.15) is 23.4 Å². The number of alkyl halides is 2. The number of nitrogens with one attached hydrogen (secondary N) is 1. The van der Waals surface area contributed by atoms with Gasteiger partial charge in [0.05, 0.1) is 6.33 Å². The molecule has 0 aliphatic heterocycles. The van der Waals surface area contributed by atoms with Crippen LogP contribution in [0.2, 0.25) is 0 Å². The lowest BCUT2D eigenvalue weighted by molar-refractivity contribution is -0.116. The van der Waals surface area contributed by atoms with E-state index in [1.807, 2.05) is 6.07 Å². The molecule has 2 aromatic carbocycles. The summed E-state index contributed by atoms with van der Waals surface area (Å²) in [4.78, 5) is 29.1. The number of hydrogen-bond donors (Lipinski definition) is 1. The molecule has 0 saturated heterocycles. The molecular formula is C19H13F2N3O4. The number of rotatable bonds is 5. The first-order valence-corrected chi connectivity index (χ1v) is 8.22. The lowest BCUT2D eigenvalue weighted by atomic mass is 10.2. The summed E-state index contributed by atoms with van der Waals surface area (Å²) in [6.07, 6.45) is 1.28. The standard InChI is InChI=1S/C19H13F2N3O4/c20-19(21)27-12-7-5-11(6-8-12)23-15(25)9-24-10-22-16-13-3-1-2-4-14(13)28-17(16)18(24)26/h1-8,10,19H,9H2,(H,23,25). The molecule has 1 amide bonds. The minimum Gasteiger partial charge on any atom is -0.448 e. The van der Waals surface area contributed by atoms with Crippen molar-refractivity contribution < 1.29 is 22.7 Å². The van der Waals surface area contributed by atoms with Gasteiger partial charge in [-0.1, -0.05) is 12.1 Å². The van der Waals surface area contributed by atoms with E-state index in [-0.39, 0.29) is 17.9 Å². The van der Waals surface area contributed by atoms with Gasteiger partial charge < -0.3 is 14.5 Å². The van der Waals surface area contributed by atoms with E-state index < -0.39 is 18.1 Å². The van der Waals surface area contributed by atoms with Crippen molar-refractivity contribution in [3.63, 3.8) is 0 Å². The molecule has 0 spiro atoms. The van der Waals surface area contributed by atoms with Gasteiger partial charge in [0.2, 0.25) is 11.5 Å². The average Bonchev–Trinajstić information content (AvgIpc) is 3.05. The topological polar surface area (TPSA) is 86.4 Å². The van der Waals surface area contributed by atoms with Crippen LogP contribution in [0.5, 0.6) is 5.75 Å². The first kappa shape index (κ1) is 17.7. The van der Waals surface area contributed by atoms with Crippen LogP contribution in [0.15, 0.2) is 64.1 Å². The van der Waals surface area contributed by atoms with Crippen LogP contribution >= 0.6 is 0 Å². The summed E-state index contributed by atoms with van der Waals surface area (Å²) in [5, 5.41) is 3.29. The quantitative estimate of drug-likeness (QED) is 0.569. The van der Waals surface area contributed by atoms with Crippen LogP contribution in [-0.4, -0.2) is 22.1 Å². The second kappa shape index (κ2) is 7.10. The van der Waals surface area contributed by atoms with Gasteiger partial charge in [-0.3, -0.25) is 14.2 Å². The number of para-hydroxylation sites is 1. The molecule has 0 bridgehead atoms. The molecule has 0 radical (unpaired) electrons. The van der Waals surface area contributed by atoms with Crippen molar-refractivity contribution in [3.05, 3.63) is 65.2 Å². The van der Waals surface area contributed by atoms with Crippen molar-refractivity contribution in [1.29, 1.82) is 0 Å². The third-order valence-electron chi connectivity index (χ3n) is 4.03. The first-order valence-electron chi connectivity index (χ1n) is 8.22. The molecule has 0 atom stereocenters. The summed E-state index contributed by atoms with van der Waals surface area (Å²) < 4.78 is 35.2. The molecule has 4 rings (SSSR count). The van der Waals surface area contributed by atoms with Crippen LogP contribution in [0.1, 0.15) is 0 Å². The summed E-state index contributed by atoms with van der Waals surface area (Å²) in [5.41, 5.74) is 0.946. The molecule has 2 aromatic heterocycles. The first-order chi connectivity index (χ1) is 13.5. The van der Waals surface area contributed by atoms with Crippen molar-refractivity contribution in [2.24, 2.45) is 0 Å². The lowest BCUT2D eigenvalue weighted by Crippen LogP contribution is -2.27. The lowest BCUT2D eigenvalue weighted by Gasteiger charge is -2.08. The van der Waals surface area contributed by atoms with Gasteiger partial charge >= 0.3 is 6.61 Å². The van der Waals surface area contributed by atoms with Gasteiger partial charge in [0, 0.05) is 11.1 Å². The molecule has 7 nitrogen and oxygen atoms in total. The Hall–Kier alpha value is -3.75. The molecule has 9 heteroatoms. The summed E-state index contributed by atoms with van der Waals surface area (Å²) in [6, 6.07) is 12.6. The summed E-state index contributed by atoms with van der Waals surface area (Å²) in [7, 11) is 0. The maximum Gasteiger partial charge on any atom is 0.387 e. The number of anilines is 1. The second-order valence-electron chi connectivity index (χ2n) is 5.90. The predicted octanol–water partition coefficient (Wildman–Crippen LogP) is 3.38. The number of carbonyl (C=O) groups excluding carboxylic acids is 1. The second-order valence-corrected chi connectivity index (χ2v) is 5.90. The van der Waals surface area contributed by atoms with Crippen molar-refractivity contribution in [2.75, 3.05) is 5.32 Å². The number of amides is 1. The number of ether oxygens (including phenoxy) is 1. The molecule has 0 aliphatic rings. The zero-order chi connectivity index (χ0) is 19.7. The molecule has 1 N–H and O–H groups in total. The molecular weight excluding hydrogens is 372 g/mol. The molecule has 0 unspecified atom stereocenters. The average molecular weight is 385 g/mol. The number of hydrogen-bond acceptors (Lipinski definition) is 5. The van der Waals surface area contributed by atoms with Crippen molar-refractivity contribution >= 4 is 33.7 Å². The van der Waals surface area contributed by atoms with Crippen molar-refractivity contribution in [3.8, 4) is 5.75 Å². The molecule has 0 saturated carbocycles. The van der Waals surface area contributed by atoms with Gasteiger partial charge in [0.15, 0.2) is 0 Å². The number of nitrogens with zero attached hydrogens (tertiary/aromatic N) is 2. The molecule has 0 aliphatic carbocycles. The number of fused-ring (bicyclic) bond motifs is 3. The van der Waals surface area contributed by atoms with Crippen molar-refractivity contribution in [2.45, 2.75) is 13.2 Å². The number of furan rings is 1. The minimum absolute atomic E-state index is 0.0243. The Morgan fingerprint density at radius 3 is 2.68 bits per heavy atom. The normalized spacial score (nSPS) is 11.2. The van der Waals surface area contributed by atoms with Gasteiger partial charge in [-0.05, 0) is 36.4 Å². The highest BCUT2D eigenvalue weighted by Gasteiger charge is 2.14. The molecule has 0 fully saturated rings. The number of halogens is 2. The fraction of sp³-hybridized carbons (Fsp3) is 0.105. The smallest absolute Gasteiger partial charge is 0.387 e. The van der Waals surface area contributed by atoms with Gasteiger partial charge in [-0.25, -0.2) is 4.98 Å². The van der Waals surface area contributed by atoms with Crippen LogP contribution in [-0.2, 0) is 11.3 Å². The monoisotopic (exact) mass is 385 g/mol. The van der Waals surface area contributed by atoms with E-state index in [4.69, 9.17) is 4.42 Å². The molecule has 2 heterocycles. The zero-order valence-electron chi connectivity index (χ0n) is 14.3. The Morgan fingerprint density at radius 2 is 1.93 bits per heavy atom. The summed E-state index contributed by atoms with van der Waals surface area (Å²) >= 11 is 0. The summed E-state index contributed by atoms with van der Waals surface area (Å²) in [5.74, 6) is -0.509. The number of benzene rings is 2. The zero-order valence-corrected chi connectivity index (χ0v) is 14.3. The van der Waals surface area contributed by atoms with Crippen LogP contribution < -0.4 is 15.6 Å². The van der Waals surface area contributed by atoms with E-state index in [1.165, 1.54) is 30.6 Å². The Bertz CT molecular complexity index is 1220. The fourth-order valence-electron chi connectivity index (χ4n) is 2.80. The molecule has 4 aromatic rings. The Kier molecular flexibility index (Phi) is 4.48. The van der Waals surface area contributed by atoms with Crippen LogP contribution in [0, 0.1) is 0 Å². The Balaban J connectivity index is 1.53. The van der Waals surface area contributed by atoms with Crippen LogP contribution in [0.3, 0.4) is 0 Å². The fourth-order valence-corrected chi connectivity index (χ4v) is 2.80. The number of carbonyl (C=O) groups is 1. The third kappa shape index (κ3) is 3.41.